The normalized spacial score (nSPS) is 18.9. The lowest BCUT2D eigenvalue weighted by atomic mass is 9.87. The third-order valence-electron chi connectivity index (χ3n) is 5.54. The van der Waals surface area contributed by atoms with Gasteiger partial charge in [-0.2, -0.15) is 4.31 Å². The van der Waals surface area contributed by atoms with Gasteiger partial charge in [-0.1, -0.05) is 32.1 Å². The van der Waals surface area contributed by atoms with Crippen LogP contribution < -0.4 is 10.9 Å². The molecule has 1 aliphatic carbocycles. The Bertz CT molecular complexity index is 843. The molecule has 1 amide bonds. The molecule has 2 heterocycles. The first-order chi connectivity index (χ1) is 12.8. The van der Waals surface area contributed by atoms with Crippen LogP contribution in [0.3, 0.4) is 0 Å². The molecule has 9 heteroatoms. The number of nitrogens with one attached hydrogen (secondary N) is 1. The van der Waals surface area contributed by atoms with E-state index in [9.17, 15) is 18.0 Å². The maximum absolute atomic E-state index is 12.6. The minimum absolute atomic E-state index is 0.0560. The molecule has 3 rings (SSSR count). The number of fused-ring (bicyclic) bond motifs is 1. The summed E-state index contributed by atoms with van der Waals surface area (Å²) in [5.74, 6) is 0.508. The molecule has 1 aromatic heterocycles. The molecule has 1 N–H and O–H groups in total. The molecule has 150 valence electrons. The third-order valence-corrected chi connectivity index (χ3v) is 6.79. The maximum atomic E-state index is 12.6. The molecule has 2 aliphatic rings. The van der Waals surface area contributed by atoms with E-state index in [1.165, 1.54) is 47.3 Å². The SMILES string of the molecule is CS(=O)(=O)N1CCc2c(ncn(CC(=O)NCCC3CCCCC3)c2=O)C1. The Labute approximate surface area is 160 Å². The van der Waals surface area contributed by atoms with Crippen LogP contribution in [-0.2, 0) is 34.3 Å². The smallest absolute Gasteiger partial charge is 0.257 e. The van der Waals surface area contributed by atoms with Crippen LogP contribution in [0, 0.1) is 5.92 Å². The van der Waals surface area contributed by atoms with E-state index in [0.717, 1.165) is 12.7 Å². The summed E-state index contributed by atoms with van der Waals surface area (Å²) in [5.41, 5.74) is 0.730. The van der Waals surface area contributed by atoms with Crippen LogP contribution in [0.2, 0.25) is 0 Å². The zero-order chi connectivity index (χ0) is 19.4. The van der Waals surface area contributed by atoms with Gasteiger partial charge in [-0.05, 0) is 18.8 Å². The van der Waals surface area contributed by atoms with Gasteiger partial charge in [-0.15, -0.1) is 0 Å². The van der Waals surface area contributed by atoms with Crippen molar-refractivity contribution < 1.29 is 13.2 Å². The highest BCUT2D eigenvalue weighted by molar-refractivity contribution is 7.88. The van der Waals surface area contributed by atoms with Gasteiger partial charge in [0.25, 0.3) is 5.56 Å². The number of carbonyl (C=O) groups excluding carboxylic acids is 1. The van der Waals surface area contributed by atoms with E-state index >= 15 is 0 Å². The van der Waals surface area contributed by atoms with Crippen LogP contribution in [0.15, 0.2) is 11.1 Å². The van der Waals surface area contributed by atoms with Crippen molar-refractivity contribution in [2.45, 2.75) is 58.0 Å². The molecule has 0 bridgehead atoms. The monoisotopic (exact) mass is 396 g/mol. The van der Waals surface area contributed by atoms with Gasteiger partial charge in [-0.3, -0.25) is 14.2 Å². The van der Waals surface area contributed by atoms with Gasteiger partial charge in [0, 0.05) is 18.7 Å². The first-order valence-electron chi connectivity index (χ1n) is 9.63. The van der Waals surface area contributed by atoms with E-state index in [4.69, 9.17) is 0 Å². The number of sulfonamides is 1. The summed E-state index contributed by atoms with van der Waals surface area (Å²) in [4.78, 5) is 29.0. The predicted octanol–water partition coefficient (Wildman–Crippen LogP) is 0.648. The van der Waals surface area contributed by atoms with E-state index in [1.54, 1.807) is 0 Å². The van der Waals surface area contributed by atoms with Crippen LogP contribution in [-0.4, -0.2) is 47.5 Å². The van der Waals surface area contributed by atoms with Gasteiger partial charge in [0.1, 0.15) is 6.54 Å². The van der Waals surface area contributed by atoms with E-state index in [2.05, 4.69) is 10.3 Å². The molecule has 27 heavy (non-hydrogen) atoms. The number of aromatic nitrogens is 2. The van der Waals surface area contributed by atoms with Gasteiger partial charge in [0.15, 0.2) is 0 Å². The highest BCUT2D eigenvalue weighted by atomic mass is 32.2. The summed E-state index contributed by atoms with van der Waals surface area (Å²) in [6, 6.07) is 0. The van der Waals surface area contributed by atoms with Crippen molar-refractivity contribution >= 4 is 15.9 Å². The molecule has 0 spiro atoms. The van der Waals surface area contributed by atoms with Crippen molar-refractivity contribution in [3.63, 3.8) is 0 Å². The minimum atomic E-state index is -3.31. The predicted molar refractivity (Wildman–Crippen MR) is 102 cm³/mol. The Hall–Kier alpha value is -1.74. The van der Waals surface area contributed by atoms with Gasteiger partial charge in [0.2, 0.25) is 15.9 Å². The largest absolute Gasteiger partial charge is 0.355 e. The van der Waals surface area contributed by atoms with Crippen LogP contribution in [0.4, 0.5) is 0 Å². The van der Waals surface area contributed by atoms with E-state index in [0.29, 0.717) is 30.1 Å². The number of rotatable bonds is 6. The van der Waals surface area contributed by atoms with Gasteiger partial charge < -0.3 is 5.32 Å². The highest BCUT2D eigenvalue weighted by Gasteiger charge is 2.26. The topological polar surface area (TPSA) is 101 Å². The van der Waals surface area contributed by atoms with Gasteiger partial charge >= 0.3 is 0 Å². The van der Waals surface area contributed by atoms with Crippen LogP contribution in [0.5, 0.6) is 0 Å². The summed E-state index contributed by atoms with van der Waals surface area (Å²) < 4.78 is 26.0. The van der Waals surface area contributed by atoms with E-state index in [1.807, 2.05) is 0 Å². The van der Waals surface area contributed by atoms with Crippen molar-refractivity contribution in [2.24, 2.45) is 5.92 Å². The summed E-state index contributed by atoms with van der Waals surface area (Å²) in [7, 11) is -3.31. The lowest BCUT2D eigenvalue weighted by molar-refractivity contribution is -0.121. The number of nitrogens with zero attached hydrogens (tertiary/aromatic N) is 3. The average Bonchev–Trinajstić information content (AvgIpc) is 2.64. The average molecular weight is 397 g/mol. The van der Waals surface area contributed by atoms with Crippen molar-refractivity contribution in [3.05, 3.63) is 27.9 Å². The number of carbonyl (C=O) groups is 1. The zero-order valence-electron chi connectivity index (χ0n) is 15.8. The van der Waals surface area contributed by atoms with Crippen molar-refractivity contribution in [3.8, 4) is 0 Å². The second kappa shape index (κ2) is 8.52. The Morgan fingerprint density at radius 1 is 1.30 bits per heavy atom. The Morgan fingerprint density at radius 3 is 2.74 bits per heavy atom. The fraction of sp³-hybridized carbons (Fsp3) is 0.722. The molecular formula is C18H28N4O4S. The summed E-state index contributed by atoms with van der Waals surface area (Å²) in [6.45, 7) is 0.956. The van der Waals surface area contributed by atoms with Crippen LogP contribution in [0.25, 0.3) is 0 Å². The second-order valence-electron chi connectivity index (χ2n) is 7.59. The van der Waals surface area contributed by atoms with Crippen molar-refractivity contribution in [1.29, 1.82) is 0 Å². The number of hydrogen-bond donors (Lipinski definition) is 1. The molecular weight excluding hydrogens is 368 g/mol. The second-order valence-corrected chi connectivity index (χ2v) is 9.57. The fourth-order valence-corrected chi connectivity index (χ4v) is 4.71. The molecule has 0 atom stereocenters. The molecule has 0 radical (unpaired) electrons. The number of hydrogen-bond acceptors (Lipinski definition) is 5. The zero-order valence-corrected chi connectivity index (χ0v) is 16.6. The van der Waals surface area contributed by atoms with E-state index in [-0.39, 0.29) is 31.1 Å². The van der Waals surface area contributed by atoms with Crippen molar-refractivity contribution in [2.75, 3.05) is 19.3 Å². The molecule has 1 aromatic rings. The Kier molecular flexibility index (Phi) is 6.31. The Morgan fingerprint density at radius 2 is 2.04 bits per heavy atom. The minimum Gasteiger partial charge on any atom is -0.355 e. The van der Waals surface area contributed by atoms with Crippen molar-refractivity contribution in [1.82, 2.24) is 19.2 Å². The molecule has 1 fully saturated rings. The maximum Gasteiger partial charge on any atom is 0.257 e. The molecule has 0 aromatic carbocycles. The van der Waals surface area contributed by atoms with Gasteiger partial charge in [0.05, 0.1) is 24.8 Å². The fourth-order valence-electron chi connectivity index (χ4n) is 3.93. The molecule has 1 aliphatic heterocycles. The molecule has 1 saturated carbocycles. The summed E-state index contributed by atoms with van der Waals surface area (Å²) in [6.07, 6.45) is 10.2. The molecule has 0 saturated heterocycles. The Balaban J connectivity index is 1.56. The third kappa shape index (κ3) is 5.16. The lowest BCUT2D eigenvalue weighted by Gasteiger charge is -2.25. The molecule has 8 nitrogen and oxygen atoms in total. The molecule has 0 unspecified atom stereocenters. The summed E-state index contributed by atoms with van der Waals surface area (Å²) in [5, 5.41) is 2.90. The first kappa shape index (κ1) is 20.0. The number of amides is 1. The first-order valence-corrected chi connectivity index (χ1v) is 11.5. The van der Waals surface area contributed by atoms with Gasteiger partial charge in [-0.25, -0.2) is 13.4 Å². The standard InChI is InChI=1S/C18H28N4O4S/c1-27(25,26)22-10-8-15-16(11-22)20-13-21(18(15)24)12-17(23)19-9-7-14-5-3-2-4-6-14/h13-14H,2-12H2,1H3,(H,19,23). The van der Waals surface area contributed by atoms with Crippen LogP contribution >= 0.6 is 0 Å². The summed E-state index contributed by atoms with van der Waals surface area (Å²) >= 11 is 0. The highest BCUT2D eigenvalue weighted by Crippen LogP contribution is 2.25. The van der Waals surface area contributed by atoms with E-state index < -0.39 is 10.0 Å². The quantitative estimate of drug-likeness (QED) is 0.761. The van der Waals surface area contributed by atoms with Crippen LogP contribution in [0.1, 0.15) is 49.8 Å². The lowest BCUT2D eigenvalue weighted by Crippen LogP contribution is -2.41.